The third kappa shape index (κ3) is 40.2. The van der Waals surface area contributed by atoms with E-state index in [0.29, 0.717) is 43.1 Å². The van der Waals surface area contributed by atoms with Gasteiger partial charge in [-0.15, -0.1) is 0 Å². The molecule has 0 aliphatic rings. The summed E-state index contributed by atoms with van der Waals surface area (Å²) in [6.07, 6.45) is 38.8. The molecule has 58 heavy (non-hydrogen) atoms. The van der Waals surface area contributed by atoms with E-state index in [-0.39, 0.29) is 26.1 Å². The molecule has 0 aromatic carbocycles. The monoisotopic (exact) mass is 839 g/mol. The summed E-state index contributed by atoms with van der Waals surface area (Å²) in [6, 6.07) is 0. The number of carbonyl (C=O) groups is 2. The van der Waals surface area contributed by atoms with E-state index in [1.807, 2.05) is 64.5 Å². The van der Waals surface area contributed by atoms with Crippen molar-refractivity contribution in [1.82, 2.24) is 0 Å². The van der Waals surface area contributed by atoms with Gasteiger partial charge in [0.25, 0.3) is 0 Å². The van der Waals surface area contributed by atoms with E-state index in [1.165, 1.54) is 57.8 Å². The first-order valence-electron chi connectivity index (χ1n) is 21.9. The first kappa shape index (κ1) is 55.4. The molecule has 0 aromatic rings. The van der Waals surface area contributed by atoms with E-state index in [4.69, 9.17) is 18.5 Å². The van der Waals surface area contributed by atoms with E-state index < -0.39 is 44.7 Å². The van der Waals surface area contributed by atoms with Gasteiger partial charge in [0.2, 0.25) is 0 Å². The minimum Gasteiger partial charge on any atom is -0.462 e. The maximum atomic E-state index is 12.7. The molecule has 0 bridgehead atoms. The Morgan fingerprint density at radius 1 is 0.638 bits per heavy atom. The van der Waals surface area contributed by atoms with Crippen LogP contribution >= 0.6 is 7.82 Å². The molecule has 11 nitrogen and oxygen atoms in total. The highest BCUT2D eigenvalue weighted by Gasteiger charge is 2.27. The molecular weight excluding hydrogens is 757 g/mol. The standard InChI is InChI=1S/C46H80NO10P/c1-6-8-10-11-12-13-14-15-16-17-18-23-31-37-46(51)57-44(41-56-58(52,53)55-39-38-47(3,4)5)40-54-45(50)36-30-22-20-19-21-27-33-43(49)35-29-25-24-28-34-42(48)32-26-9-7-2/h9,20-22,24-29,34-35,42-44,48-49H,6-8,10-19,23,30-33,36-41H2,1-5H3/p+1/b22-20-,25-24-,26-9-,27-21-,34-28+,35-29+/t42-,43+,44-/m1/s1. The summed E-state index contributed by atoms with van der Waals surface area (Å²) in [5.74, 6) is -0.970. The maximum Gasteiger partial charge on any atom is 0.472 e. The predicted molar refractivity (Wildman–Crippen MR) is 236 cm³/mol. The number of hydrogen-bond acceptors (Lipinski definition) is 9. The number of phosphoric acid groups is 1. The minimum absolute atomic E-state index is 0.0000240. The van der Waals surface area contributed by atoms with Crippen LogP contribution in [0.15, 0.2) is 72.9 Å². The van der Waals surface area contributed by atoms with Gasteiger partial charge < -0.3 is 29.1 Å². The van der Waals surface area contributed by atoms with Gasteiger partial charge in [0.1, 0.15) is 19.8 Å². The highest BCUT2D eigenvalue weighted by molar-refractivity contribution is 7.47. The van der Waals surface area contributed by atoms with Gasteiger partial charge in [-0.2, -0.15) is 0 Å². The van der Waals surface area contributed by atoms with E-state index in [2.05, 4.69) is 6.92 Å². The molecule has 0 saturated carbocycles. The molecule has 0 aliphatic heterocycles. The number of allylic oxidation sites excluding steroid dienone is 8. The molecule has 12 heteroatoms. The van der Waals surface area contributed by atoms with Crippen LogP contribution in [0.3, 0.4) is 0 Å². The van der Waals surface area contributed by atoms with Crippen LogP contribution < -0.4 is 0 Å². The van der Waals surface area contributed by atoms with Crippen molar-refractivity contribution in [3.63, 3.8) is 0 Å². The number of aliphatic hydroxyl groups excluding tert-OH is 2. The zero-order valence-corrected chi connectivity index (χ0v) is 37.6. The van der Waals surface area contributed by atoms with E-state index >= 15 is 0 Å². The smallest absolute Gasteiger partial charge is 0.462 e. The topological polar surface area (TPSA) is 149 Å². The first-order chi connectivity index (χ1) is 27.8. The third-order valence-corrected chi connectivity index (χ3v) is 9.92. The quantitative estimate of drug-likeness (QED) is 0.0137. The van der Waals surface area contributed by atoms with Gasteiger partial charge in [0, 0.05) is 12.8 Å². The predicted octanol–water partition coefficient (Wildman–Crippen LogP) is 10.2. The number of nitrogens with zero attached hydrogens (tertiary/aromatic N) is 1. The van der Waals surface area contributed by atoms with Crippen molar-refractivity contribution in [2.24, 2.45) is 0 Å². The van der Waals surface area contributed by atoms with Gasteiger partial charge in [0.15, 0.2) is 6.10 Å². The molecule has 0 aromatic heterocycles. The number of phosphoric ester groups is 1. The molecule has 3 N–H and O–H groups in total. The summed E-state index contributed by atoms with van der Waals surface area (Å²) < 4.78 is 34.1. The van der Waals surface area contributed by atoms with Crippen LogP contribution in [0.1, 0.15) is 142 Å². The van der Waals surface area contributed by atoms with Crippen LogP contribution in [0.5, 0.6) is 0 Å². The number of likely N-dealkylation sites (N-methyl/N-ethyl adjacent to an activating group) is 1. The Kier molecular flexibility index (Phi) is 35.7. The lowest BCUT2D eigenvalue weighted by Crippen LogP contribution is -2.37. The van der Waals surface area contributed by atoms with Crippen molar-refractivity contribution in [2.75, 3.05) is 47.5 Å². The Morgan fingerprint density at radius 2 is 1.17 bits per heavy atom. The molecule has 0 heterocycles. The van der Waals surface area contributed by atoms with Gasteiger partial charge in [-0.05, 0) is 38.5 Å². The van der Waals surface area contributed by atoms with Crippen molar-refractivity contribution in [2.45, 2.75) is 161 Å². The fourth-order valence-electron chi connectivity index (χ4n) is 5.45. The number of hydrogen-bond donors (Lipinski definition) is 3. The van der Waals surface area contributed by atoms with Gasteiger partial charge >= 0.3 is 19.8 Å². The lowest BCUT2D eigenvalue weighted by Gasteiger charge is -2.24. The fourth-order valence-corrected chi connectivity index (χ4v) is 6.19. The number of rotatable bonds is 38. The van der Waals surface area contributed by atoms with Gasteiger partial charge in [-0.25, -0.2) is 4.57 Å². The maximum absolute atomic E-state index is 12.7. The Bertz CT molecular complexity index is 1250. The molecule has 0 rings (SSSR count). The lowest BCUT2D eigenvalue weighted by molar-refractivity contribution is -0.870. The molecule has 0 saturated heterocycles. The molecular formula is C46H81NO10P+. The van der Waals surface area contributed by atoms with E-state index in [1.54, 1.807) is 36.5 Å². The van der Waals surface area contributed by atoms with Crippen LogP contribution in [0.25, 0.3) is 0 Å². The largest absolute Gasteiger partial charge is 0.472 e. The van der Waals surface area contributed by atoms with Crippen molar-refractivity contribution in [3.05, 3.63) is 72.9 Å². The van der Waals surface area contributed by atoms with Gasteiger partial charge in [0.05, 0.1) is 40.0 Å². The number of unbranched alkanes of at least 4 members (excludes halogenated alkanes) is 12. The second-order valence-corrected chi connectivity index (χ2v) is 17.2. The van der Waals surface area contributed by atoms with Crippen LogP contribution in [-0.4, -0.2) is 97.3 Å². The van der Waals surface area contributed by atoms with Crippen molar-refractivity contribution < 1.29 is 52.3 Å². The molecule has 0 fully saturated rings. The lowest BCUT2D eigenvalue weighted by atomic mass is 10.0. The molecule has 334 valence electrons. The summed E-state index contributed by atoms with van der Waals surface area (Å²) in [5, 5.41) is 20.0. The zero-order valence-electron chi connectivity index (χ0n) is 36.7. The summed E-state index contributed by atoms with van der Waals surface area (Å²) in [5.41, 5.74) is 0. The van der Waals surface area contributed by atoms with Crippen LogP contribution in [-0.2, 0) is 32.7 Å². The average Bonchev–Trinajstić information content (AvgIpc) is 3.16. The fraction of sp³-hybridized carbons (Fsp3) is 0.696. The SMILES string of the molecule is CC/C=C\C[C@@H](O)/C=C/C=C\C=C\[C@@H](O)C/C=C\C/C=C\CCC(=O)OC[C@H](COP(=O)(O)OCC[N+](C)(C)C)OC(=O)CCCCCCCCCCCCCCC. The number of ether oxygens (including phenoxy) is 2. The number of carbonyl (C=O) groups excluding carboxylic acids is 2. The molecule has 0 radical (unpaired) electrons. The molecule has 0 spiro atoms. The number of esters is 2. The minimum atomic E-state index is -4.42. The van der Waals surface area contributed by atoms with Gasteiger partial charge in [-0.3, -0.25) is 18.6 Å². The Morgan fingerprint density at radius 3 is 1.72 bits per heavy atom. The second-order valence-electron chi connectivity index (χ2n) is 15.8. The summed E-state index contributed by atoms with van der Waals surface area (Å²) in [6.45, 7) is 4.01. The number of quaternary nitrogens is 1. The van der Waals surface area contributed by atoms with E-state index in [0.717, 1.165) is 25.7 Å². The molecule has 0 amide bonds. The average molecular weight is 839 g/mol. The highest BCUT2D eigenvalue weighted by Crippen LogP contribution is 2.43. The van der Waals surface area contributed by atoms with Gasteiger partial charge in [-0.1, -0.05) is 164 Å². The van der Waals surface area contributed by atoms with Crippen molar-refractivity contribution in [1.29, 1.82) is 0 Å². The van der Waals surface area contributed by atoms with Crippen molar-refractivity contribution in [3.8, 4) is 0 Å². The highest BCUT2D eigenvalue weighted by atomic mass is 31.2. The number of aliphatic hydroxyl groups is 2. The Hall–Kier alpha value is -2.63. The summed E-state index contributed by atoms with van der Waals surface area (Å²) in [7, 11) is 1.37. The summed E-state index contributed by atoms with van der Waals surface area (Å²) >= 11 is 0. The second kappa shape index (κ2) is 37.4. The van der Waals surface area contributed by atoms with Crippen LogP contribution in [0, 0.1) is 0 Å². The molecule has 0 aliphatic carbocycles. The van der Waals surface area contributed by atoms with Crippen molar-refractivity contribution >= 4 is 19.8 Å². The Balaban J connectivity index is 4.60. The molecule has 1 unspecified atom stereocenters. The Labute approximate surface area is 352 Å². The van der Waals surface area contributed by atoms with Crippen LogP contribution in [0.2, 0.25) is 0 Å². The zero-order chi connectivity index (χ0) is 43.2. The summed E-state index contributed by atoms with van der Waals surface area (Å²) in [4.78, 5) is 35.3. The molecule has 4 atom stereocenters. The first-order valence-corrected chi connectivity index (χ1v) is 23.4. The van der Waals surface area contributed by atoms with Crippen LogP contribution in [0.4, 0.5) is 0 Å². The third-order valence-electron chi connectivity index (χ3n) is 8.93. The van der Waals surface area contributed by atoms with E-state index in [9.17, 15) is 29.3 Å². The normalized spacial score (nSPS) is 15.4.